The van der Waals surface area contributed by atoms with Crippen LogP contribution in [-0.4, -0.2) is 37.3 Å². The van der Waals surface area contributed by atoms with E-state index in [0.717, 1.165) is 19.3 Å². The quantitative estimate of drug-likeness (QED) is 0.687. The number of rotatable bonds is 6. The van der Waals surface area contributed by atoms with Gasteiger partial charge >= 0.3 is 0 Å². The third-order valence-corrected chi connectivity index (χ3v) is 5.03. The van der Waals surface area contributed by atoms with Gasteiger partial charge in [-0.15, -0.1) is 11.6 Å². The number of aliphatic hydroxyl groups excluding tert-OH is 1. The fraction of sp³-hybridized carbons (Fsp3) is 1.00. The first-order chi connectivity index (χ1) is 6.93. The van der Waals surface area contributed by atoms with Crippen molar-refractivity contribution >= 4 is 21.6 Å². The van der Waals surface area contributed by atoms with Gasteiger partial charge in [0.2, 0.25) is 10.0 Å². The van der Waals surface area contributed by atoms with Crippen molar-refractivity contribution in [3.63, 3.8) is 0 Å². The Morgan fingerprint density at radius 3 is 2.47 bits per heavy atom. The van der Waals surface area contributed by atoms with Gasteiger partial charge in [0.1, 0.15) is 0 Å². The predicted molar refractivity (Wildman–Crippen MR) is 60.5 cm³/mol. The van der Waals surface area contributed by atoms with Crippen molar-refractivity contribution in [1.29, 1.82) is 0 Å². The minimum atomic E-state index is -3.32. The number of nitrogens with one attached hydrogen (secondary N) is 1. The molecule has 1 rings (SSSR count). The molecule has 4 nitrogen and oxygen atoms in total. The van der Waals surface area contributed by atoms with Gasteiger partial charge in [-0.2, -0.15) is 0 Å². The Bertz CT molecular complexity index is 295. The molecule has 2 N–H and O–H groups in total. The van der Waals surface area contributed by atoms with Crippen LogP contribution in [0.25, 0.3) is 0 Å². The topological polar surface area (TPSA) is 66.4 Å². The fourth-order valence-corrected chi connectivity index (χ4v) is 3.80. The molecule has 1 atom stereocenters. The lowest BCUT2D eigenvalue weighted by molar-refractivity contribution is 0.110. The molecule has 1 unspecified atom stereocenters. The largest absolute Gasteiger partial charge is 0.394 e. The second-order valence-corrected chi connectivity index (χ2v) is 6.51. The number of hydrogen-bond acceptors (Lipinski definition) is 3. The fourth-order valence-electron chi connectivity index (χ4n) is 1.69. The second kappa shape index (κ2) is 4.99. The van der Waals surface area contributed by atoms with Crippen molar-refractivity contribution < 1.29 is 13.5 Å². The van der Waals surface area contributed by atoms with Crippen LogP contribution in [0, 0.1) is 5.92 Å². The minimum absolute atomic E-state index is 0.0260. The van der Waals surface area contributed by atoms with E-state index in [1.54, 1.807) is 6.92 Å². The molecule has 0 aliphatic heterocycles. The monoisotopic (exact) mass is 255 g/mol. The van der Waals surface area contributed by atoms with Gasteiger partial charge in [0.25, 0.3) is 0 Å². The van der Waals surface area contributed by atoms with E-state index in [-0.39, 0.29) is 18.3 Å². The van der Waals surface area contributed by atoms with Crippen LogP contribution in [0.4, 0.5) is 0 Å². The highest BCUT2D eigenvalue weighted by Crippen LogP contribution is 2.32. The van der Waals surface area contributed by atoms with Crippen LogP contribution in [0.15, 0.2) is 0 Å². The first-order valence-corrected chi connectivity index (χ1v) is 7.30. The molecule has 90 valence electrons. The van der Waals surface area contributed by atoms with E-state index < -0.39 is 15.6 Å². The van der Waals surface area contributed by atoms with Crippen LogP contribution in [-0.2, 0) is 10.0 Å². The molecule has 0 aromatic rings. The summed E-state index contributed by atoms with van der Waals surface area (Å²) in [7, 11) is -3.32. The Morgan fingerprint density at radius 1 is 1.53 bits per heavy atom. The highest BCUT2D eigenvalue weighted by Gasteiger charge is 2.39. The Balaban J connectivity index is 2.55. The lowest BCUT2D eigenvalue weighted by Crippen LogP contribution is -2.56. The normalized spacial score (nSPS) is 22.1. The Hall–Kier alpha value is 0.160. The molecule has 1 aliphatic rings. The third-order valence-electron chi connectivity index (χ3n) is 2.75. The molecule has 0 aromatic heterocycles. The van der Waals surface area contributed by atoms with E-state index in [4.69, 9.17) is 16.7 Å². The first-order valence-electron chi connectivity index (χ1n) is 5.11. The molecule has 0 radical (unpaired) electrons. The third kappa shape index (κ3) is 3.59. The maximum absolute atomic E-state index is 11.7. The molecule has 0 spiro atoms. The zero-order chi connectivity index (χ0) is 11.5. The summed E-state index contributed by atoms with van der Waals surface area (Å²) >= 11 is 5.57. The molecule has 0 heterocycles. The molecule has 6 heteroatoms. The number of alkyl halides is 1. The number of sulfonamides is 1. The molecule has 15 heavy (non-hydrogen) atoms. The highest BCUT2D eigenvalue weighted by atomic mass is 35.5. The van der Waals surface area contributed by atoms with Crippen molar-refractivity contribution in [2.24, 2.45) is 5.92 Å². The number of aliphatic hydroxyl groups is 1. The SMILES string of the molecule is CC(CCl)CS(=O)(=O)NC1(CO)CCC1. The molecule has 1 fully saturated rings. The summed E-state index contributed by atoms with van der Waals surface area (Å²) in [5.41, 5.74) is -0.592. The number of hydrogen-bond donors (Lipinski definition) is 2. The van der Waals surface area contributed by atoms with Gasteiger partial charge in [-0.3, -0.25) is 0 Å². The average Bonchev–Trinajstić information content (AvgIpc) is 2.10. The summed E-state index contributed by atoms with van der Waals surface area (Å²) in [4.78, 5) is 0. The van der Waals surface area contributed by atoms with E-state index >= 15 is 0 Å². The molecule has 0 amide bonds. The smallest absolute Gasteiger partial charge is 0.212 e. The van der Waals surface area contributed by atoms with Crippen LogP contribution in [0.1, 0.15) is 26.2 Å². The molecule has 1 aliphatic carbocycles. The van der Waals surface area contributed by atoms with Gasteiger partial charge in [0.15, 0.2) is 0 Å². The van der Waals surface area contributed by atoms with Crippen molar-refractivity contribution in [2.75, 3.05) is 18.2 Å². The highest BCUT2D eigenvalue weighted by molar-refractivity contribution is 7.89. The van der Waals surface area contributed by atoms with Gasteiger partial charge in [0.05, 0.1) is 17.9 Å². The summed E-state index contributed by atoms with van der Waals surface area (Å²) in [5, 5.41) is 9.14. The van der Waals surface area contributed by atoms with Gasteiger partial charge in [-0.05, 0) is 25.2 Å². The average molecular weight is 256 g/mol. The van der Waals surface area contributed by atoms with Gasteiger partial charge in [0, 0.05) is 5.88 Å². The summed E-state index contributed by atoms with van der Waals surface area (Å²) in [6.07, 6.45) is 2.41. The van der Waals surface area contributed by atoms with E-state index in [1.165, 1.54) is 0 Å². The van der Waals surface area contributed by atoms with E-state index in [0.29, 0.717) is 5.88 Å². The molecular formula is C9H18ClNO3S. The van der Waals surface area contributed by atoms with Gasteiger partial charge < -0.3 is 5.11 Å². The standard InChI is InChI=1S/C9H18ClNO3S/c1-8(5-10)6-15(13,14)11-9(7-12)3-2-4-9/h8,11-12H,2-7H2,1H3. The van der Waals surface area contributed by atoms with E-state index in [1.807, 2.05) is 0 Å². The molecule has 1 saturated carbocycles. The lowest BCUT2D eigenvalue weighted by Gasteiger charge is -2.40. The van der Waals surface area contributed by atoms with Crippen LogP contribution < -0.4 is 4.72 Å². The van der Waals surface area contributed by atoms with E-state index in [2.05, 4.69) is 4.72 Å². The van der Waals surface area contributed by atoms with Gasteiger partial charge in [-0.1, -0.05) is 6.92 Å². The Labute approximate surface area is 96.1 Å². The van der Waals surface area contributed by atoms with Crippen molar-refractivity contribution in [2.45, 2.75) is 31.7 Å². The maximum atomic E-state index is 11.7. The van der Waals surface area contributed by atoms with Crippen molar-refractivity contribution in [3.05, 3.63) is 0 Å². The van der Waals surface area contributed by atoms with Crippen LogP contribution in [0.2, 0.25) is 0 Å². The van der Waals surface area contributed by atoms with Crippen LogP contribution in [0.3, 0.4) is 0 Å². The first kappa shape index (κ1) is 13.2. The second-order valence-electron chi connectivity index (χ2n) is 4.43. The van der Waals surface area contributed by atoms with E-state index in [9.17, 15) is 8.42 Å². The van der Waals surface area contributed by atoms with Gasteiger partial charge in [-0.25, -0.2) is 13.1 Å². The Morgan fingerprint density at radius 2 is 2.13 bits per heavy atom. The maximum Gasteiger partial charge on any atom is 0.212 e. The molecule has 0 saturated heterocycles. The predicted octanol–water partition coefficient (Wildman–Crippen LogP) is 0.696. The zero-order valence-corrected chi connectivity index (χ0v) is 10.4. The van der Waals surface area contributed by atoms with Crippen molar-refractivity contribution in [3.8, 4) is 0 Å². The van der Waals surface area contributed by atoms with Crippen LogP contribution in [0.5, 0.6) is 0 Å². The molecular weight excluding hydrogens is 238 g/mol. The molecule has 0 aromatic carbocycles. The summed E-state index contributed by atoms with van der Waals surface area (Å²) in [5.74, 6) is 0.283. The molecule has 0 bridgehead atoms. The summed E-state index contributed by atoms with van der Waals surface area (Å²) in [6, 6.07) is 0. The van der Waals surface area contributed by atoms with Crippen molar-refractivity contribution in [1.82, 2.24) is 4.72 Å². The lowest BCUT2D eigenvalue weighted by atomic mass is 9.78. The number of halogens is 1. The summed E-state index contributed by atoms with van der Waals surface area (Å²) < 4.78 is 26.0. The zero-order valence-electron chi connectivity index (χ0n) is 8.87. The summed E-state index contributed by atoms with van der Waals surface area (Å²) in [6.45, 7) is 1.67. The van der Waals surface area contributed by atoms with Crippen LogP contribution >= 0.6 is 11.6 Å². The minimum Gasteiger partial charge on any atom is -0.394 e. The Kier molecular flexibility index (Phi) is 4.40.